The van der Waals surface area contributed by atoms with Gasteiger partial charge in [-0.05, 0) is 6.07 Å². The number of thioether (sulfide) groups is 1. The van der Waals surface area contributed by atoms with Crippen LogP contribution in [-0.2, 0) is 11.3 Å². The van der Waals surface area contributed by atoms with Gasteiger partial charge in [0.25, 0.3) is 0 Å². The molecule has 0 aliphatic carbocycles. The van der Waals surface area contributed by atoms with Gasteiger partial charge in [-0.15, -0.1) is 0 Å². The maximum absolute atomic E-state index is 14.3. The molecule has 1 aromatic carbocycles. The molecule has 0 bridgehead atoms. The van der Waals surface area contributed by atoms with E-state index in [0.717, 1.165) is 18.0 Å². The van der Waals surface area contributed by atoms with Crippen molar-refractivity contribution in [2.75, 3.05) is 5.75 Å². The van der Waals surface area contributed by atoms with Crippen molar-refractivity contribution in [3.05, 3.63) is 65.7 Å². The van der Waals surface area contributed by atoms with E-state index in [1.807, 2.05) is 0 Å². The number of halogens is 1. The number of amides is 1. The van der Waals surface area contributed by atoms with Gasteiger partial charge in [0.15, 0.2) is 11.2 Å². The predicted molar refractivity (Wildman–Crippen MR) is 89.2 cm³/mol. The second-order valence-corrected chi connectivity index (χ2v) is 6.91. The fraction of sp³-hybridized carbons (Fsp3) is 0.235. The van der Waals surface area contributed by atoms with E-state index < -0.39 is 33.8 Å². The number of benzene rings is 1. The van der Waals surface area contributed by atoms with Crippen LogP contribution in [0.5, 0.6) is 0 Å². The summed E-state index contributed by atoms with van der Waals surface area (Å²) >= 11 is 1.14. The van der Waals surface area contributed by atoms with Crippen LogP contribution in [0.4, 0.5) is 9.18 Å². The number of carboxylic acids is 1. The summed E-state index contributed by atoms with van der Waals surface area (Å²) in [5.41, 5.74) is 0.834. The average Bonchev–Trinajstić information content (AvgIpc) is 2.96. The van der Waals surface area contributed by atoms with E-state index in [2.05, 4.69) is 4.98 Å². The standard InChI is InChI=1S/C17H15FN2O4S/c18-13-8-19-7-6-12(13)15-20(17(23)24,14(10-25-15)16(21)22)9-11-4-2-1-3-5-11/h1-8,14-15H,9-10H2,(H-,21,22,23,24)/p+1. The quantitative estimate of drug-likeness (QED) is 0.812. The van der Waals surface area contributed by atoms with Gasteiger partial charge >= 0.3 is 12.1 Å². The molecular formula is C17H16FN2O4S+. The molecule has 0 radical (unpaired) electrons. The van der Waals surface area contributed by atoms with E-state index >= 15 is 0 Å². The Bertz CT molecular complexity index is 804. The van der Waals surface area contributed by atoms with Gasteiger partial charge in [-0.25, -0.2) is 9.18 Å². The highest BCUT2D eigenvalue weighted by atomic mass is 32.2. The van der Waals surface area contributed by atoms with Crippen LogP contribution < -0.4 is 0 Å². The Morgan fingerprint density at radius 2 is 1.96 bits per heavy atom. The first-order chi connectivity index (χ1) is 12.0. The third-order valence-electron chi connectivity index (χ3n) is 4.38. The smallest absolute Gasteiger partial charge is 0.477 e. The molecule has 0 spiro atoms. The predicted octanol–water partition coefficient (Wildman–Crippen LogP) is 3.11. The van der Waals surface area contributed by atoms with Gasteiger partial charge in [-0.1, -0.05) is 42.1 Å². The minimum absolute atomic E-state index is 0.0490. The van der Waals surface area contributed by atoms with Crippen LogP contribution in [0.15, 0.2) is 48.8 Å². The molecule has 25 heavy (non-hydrogen) atoms. The summed E-state index contributed by atoms with van der Waals surface area (Å²) < 4.78 is 13.5. The topological polar surface area (TPSA) is 87.5 Å². The lowest BCUT2D eigenvalue weighted by molar-refractivity contribution is -0.894. The highest BCUT2D eigenvalue weighted by Crippen LogP contribution is 2.50. The van der Waals surface area contributed by atoms with Crippen molar-refractivity contribution in [3.8, 4) is 0 Å². The number of hydrogen-bond acceptors (Lipinski definition) is 4. The zero-order chi connectivity index (χ0) is 18.0. The van der Waals surface area contributed by atoms with E-state index in [9.17, 15) is 24.2 Å². The van der Waals surface area contributed by atoms with Crippen molar-refractivity contribution in [1.29, 1.82) is 0 Å². The first-order valence-electron chi connectivity index (χ1n) is 7.55. The third-order valence-corrected chi connectivity index (χ3v) is 5.84. The summed E-state index contributed by atoms with van der Waals surface area (Å²) in [6.07, 6.45) is 1.11. The molecule has 2 heterocycles. The number of pyridine rings is 1. The highest BCUT2D eigenvalue weighted by molar-refractivity contribution is 7.99. The van der Waals surface area contributed by atoms with Crippen LogP contribution in [0.3, 0.4) is 0 Å². The maximum atomic E-state index is 14.3. The summed E-state index contributed by atoms with van der Waals surface area (Å²) in [7, 11) is 0. The van der Waals surface area contributed by atoms with Crippen molar-refractivity contribution in [2.24, 2.45) is 0 Å². The lowest BCUT2D eigenvalue weighted by Gasteiger charge is -2.36. The van der Waals surface area contributed by atoms with E-state index in [1.54, 1.807) is 30.3 Å². The Balaban J connectivity index is 2.15. The number of carbonyl (C=O) groups is 2. The highest BCUT2D eigenvalue weighted by Gasteiger charge is 2.60. The van der Waals surface area contributed by atoms with Gasteiger partial charge in [0.2, 0.25) is 6.04 Å². The van der Waals surface area contributed by atoms with Crippen LogP contribution in [0.1, 0.15) is 16.5 Å². The van der Waals surface area contributed by atoms with E-state index in [4.69, 9.17) is 0 Å². The molecule has 1 aliphatic rings. The number of rotatable bonds is 4. The van der Waals surface area contributed by atoms with Crippen LogP contribution in [0.25, 0.3) is 0 Å². The van der Waals surface area contributed by atoms with Gasteiger partial charge in [-0.2, -0.15) is 9.28 Å². The number of nitrogens with zero attached hydrogens (tertiary/aromatic N) is 2. The average molecular weight is 363 g/mol. The monoisotopic (exact) mass is 363 g/mol. The Morgan fingerprint density at radius 1 is 1.24 bits per heavy atom. The Hall–Kier alpha value is -2.45. The third kappa shape index (κ3) is 2.98. The molecule has 1 saturated heterocycles. The Morgan fingerprint density at radius 3 is 2.56 bits per heavy atom. The molecule has 1 fully saturated rings. The minimum atomic E-state index is -1.29. The zero-order valence-electron chi connectivity index (χ0n) is 13.1. The fourth-order valence-corrected chi connectivity index (χ4v) is 4.91. The summed E-state index contributed by atoms with van der Waals surface area (Å²) in [4.78, 5) is 27.8. The van der Waals surface area contributed by atoms with E-state index in [-0.39, 0.29) is 17.9 Å². The maximum Gasteiger partial charge on any atom is 0.515 e. The zero-order valence-corrected chi connectivity index (χ0v) is 13.9. The van der Waals surface area contributed by atoms with E-state index in [0.29, 0.717) is 5.56 Å². The van der Waals surface area contributed by atoms with Gasteiger partial charge in [0, 0.05) is 11.8 Å². The van der Waals surface area contributed by atoms with Gasteiger partial charge < -0.3 is 10.2 Å². The van der Waals surface area contributed by atoms with E-state index in [1.165, 1.54) is 12.3 Å². The van der Waals surface area contributed by atoms with Gasteiger partial charge in [-0.3, -0.25) is 4.98 Å². The van der Waals surface area contributed by atoms with Crippen molar-refractivity contribution >= 4 is 23.8 Å². The molecular weight excluding hydrogens is 347 g/mol. The summed E-state index contributed by atoms with van der Waals surface area (Å²) in [5, 5.41) is 18.8. The molecule has 1 aliphatic heterocycles. The van der Waals surface area contributed by atoms with Gasteiger partial charge in [0.05, 0.1) is 17.5 Å². The van der Waals surface area contributed by atoms with Crippen LogP contribution in [0, 0.1) is 5.82 Å². The lowest BCUT2D eigenvalue weighted by Crippen LogP contribution is -2.59. The first-order valence-corrected chi connectivity index (χ1v) is 8.60. The van der Waals surface area contributed by atoms with Crippen molar-refractivity contribution in [1.82, 2.24) is 4.98 Å². The second-order valence-electron chi connectivity index (χ2n) is 5.79. The molecule has 3 rings (SSSR count). The molecule has 1 amide bonds. The summed E-state index contributed by atoms with van der Waals surface area (Å²) in [6.45, 7) is -0.0490. The SMILES string of the molecule is O=C(O)C1CSC(c2ccncc2F)[N+]1(Cc1ccccc1)C(=O)O. The molecule has 130 valence electrons. The number of quaternary nitrogens is 1. The Kier molecular flexibility index (Phi) is 4.73. The molecule has 2 aromatic rings. The number of hydrogen-bond donors (Lipinski definition) is 2. The molecule has 3 atom stereocenters. The minimum Gasteiger partial charge on any atom is -0.477 e. The van der Waals surface area contributed by atoms with Crippen molar-refractivity contribution in [3.63, 3.8) is 0 Å². The molecule has 8 heteroatoms. The van der Waals surface area contributed by atoms with Crippen LogP contribution in [-0.4, -0.2) is 43.5 Å². The number of aliphatic carboxylic acids is 1. The largest absolute Gasteiger partial charge is 0.515 e. The van der Waals surface area contributed by atoms with Crippen LogP contribution in [0.2, 0.25) is 0 Å². The number of carboxylic acid groups (broad SMARTS) is 2. The molecule has 2 N–H and O–H groups in total. The number of aromatic nitrogens is 1. The van der Waals surface area contributed by atoms with Crippen molar-refractivity contribution < 1.29 is 28.7 Å². The fourth-order valence-electron chi connectivity index (χ4n) is 3.18. The molecule has 6 nitrogen and oxygen atoms in total. The second kappa shape index (κ2) is 6.81. The van der Waals surface area contributed by atoms with Crippen LogP contribution >= 0.6 is 11.8 Å². The molecule has 1 aromatic heterocycles. The molecule has 0 saturated carbocycles. The normalized spacial score (nSPS) is 25.6. The summed E-state index contributed by atoms with van der Waals surface area (Å²) in [6, 6.07) is 9.03. The van der Waals surface area contributed by atoms with Crippen molar-refractivity contribution in [2.45, 2.75) is 18.0 Å². The molecule has 3 unspecified atom stereocenters. The Labute approximate surface area is 147 Å². The first kappa shape index (κ1) is 17.4. The lowest BCUT2D eigenvalue weighted by atomic mass is 10.1. The summed E-state index contributed by atoms with van der Waals surface area (Å²) in [5.74, 6) is -1.76. The van der Waals surface area contributed by atoms with Gasteiger partial charge in [0.1, 0.15) is 6.54 Å².